The average molecular weight is 361 g/mol. The van der Waals surface area contributed by atoms with Crippen molar-refractivity contribution in [1.82, 2.24) is 10.2 Å². The van der Waals surface area contributed by atoms with E-state index in [1.54, 1.807) is 20.8 Å². The molecule has 1 fully saturated rings. The van der Waals surface area contributed by atoms with Crippen LogP contribution < -0.4 is 5.32 Å². The number of nitrogens with zero attached hydrogens (tertiary/aromatic N) is 1. The smallest absolute Gasteiger partial charge is 0.408 e. The fraction of sp³-hybridized carbons (Fsp3) is 0.875. The topological polar surface area (TPSA) is 88.1 Å². The Bertz CT molecular complexity index is 482. The second-order valence-corrected chi connectivity index (χ2v) is 13.6. The van der Waals surface area contributed by atoms with Crippen molar-refractivity contribution >= 4 is 20.5 Å². The van der Waals surface area contributed by atoms with Crippen molar-refractivity contribution < 1.29 is 23.9 Å². The van der Waals surface area contributed by atoms with Crippen LogP contribution in [0.2, 0.25) is 18.1 Å². The number of nitrogens with one attached hydrogen (secondary N) is 1. The number of carbonyl (C=O) groups excluding carboxylic acids is 1. The molecule has 2 amide bonds. The van der Waals surface area contributed by atoms with Crippen LogP contribution >= 0.6 is 0 Å². The minimum absolute atomic E-state index is 0.000111. The highest BCUT2D eigenvalue weighted by Gasteiger charge is 2.45. The highest BCUT2D eigenvalue weighted by molar-refractivity contribution is 6.74. The molecule has 24 heavy (non-hydrogen) atoms. The molecule has 2 N–H and O–H groups in total. The molecule has 0 spiro atoms. The van der Waals surface area contributed by atoms with E-state index in [1.165, 1.54) is 4.90 Å². The second kappa shape index (κ2) is 6.91. The number of hydrogen-bond donors (Lipinski definition) is 2. The van der Waals surface area contributed by atoms with E-state index in [0.29, 0.717) is 0 Å². The fourth-order valence-electron chi connectivity index (χ4n) is 2.20. The van der Waals surface area contributed by atoms with E-state index in [1.807, 2.05) is 0 Å². The first kappa shape index (κ1) is 20.8. The molecule has 7 nitrogen and oxygen atoms in total. The summed E-state index contributed by atoms with van der Waals surface area (Å²) >= 11 is 0. The van der Waals surface area contributed by atoms with E-state index < -0.39 is 32.1 Å². The Hall–Kier alpha value is -1.28. The zero-order valence-corrected chi connectivity index (χ0v) is 17.1. The predicted octanol–water partition coefficient (Wildman–Crippen LogP) is 3.26. The summed E-state index contributed by atoms with van der Waals surface area (Å²) in [4.78, 5) is 24.6. The Labute approximate surface area is 145 Å². The van der Waals surface area contributed by atoms with Gasteiger partial charge in [-0.3, -0.25) is 0 Å². The molecule has 8 heteroatoms. The lowest BCUT2D eigenvalue weighted by Crippen LogP contribution is -2.51. The standard InChI is InChI=1S/C16H32N2O5Si/c1-15(2,3)22-13(19)17-11-9-18(14(20)21)10-12(11)23-24(7,8)16(4,5)6/h11-12H,9-10H2,1-8H3,(H,17,19)(H,20,21). The zero-order valence-electron chi connectivity index (χ0n) is 16.1. The normalized spacial score (nSPS) is 22.4. The van der Waals surface area contributed by atoms with Crippen LogP contribution in [0.25, 0.3) is 0 Å². The van der Waals surface area contributed by atoms with E-state index in [-0.39, 0.29) is 24.2 Å². The summed E-state index contributed by atoms with van der Waals surface area (Å²) in [5.74, 6) is 0. The average Bonchev–Trinajstić information content (AvgIpc) is 2.67. The Morgan fingerprint density at radius 2 is 1.67 bits per heavy atom. The Morgan fingerprint density at radius 1 is 1.12 bits per heavy atom. The van der Waals surface area contributed by atoms with Gasteiger partial charge in [-0.05, 0) is 38.9 Å². The van der Waals surface area contributed by atoms with Crippen LogP contribution in [0.15, 0.2) is 0 Å². The van der Waals surface area contributed by atoms with Crippen molar-refractivity contribution in [2.24, 2.45) is 0 Å². The highest BCUT2D eigenvalue weighted by Crippen LogP contribution is 2.38. The van der Waals surface area contributed by atoms with Crippen LogP contribution in [-0.2, 0) is 9.16 Å². The van der Waals surface area contributed by atoms with Crippen LogP contribution in [0.3, 0.4) is 0 Å². The third kappa shape index (κ3) is 5.66. The maximum absolute atomic E-state index is 12.1. The summed E-state index contributed by atoms with van der Waals surface area (Å²) < 4.78 is 11.6. The van der Waals surface area contributed by atoms with Crippen molar-refractivity contribution in [2.45, 2.75) is 77.4 Å². The quantitative estimate of drug-likeness (QED) is 0.754. The van der Waals surface area contributed by atoms with Gasteiger partial charge in [-0.15, -0.1) is 0 Å². The number of carboxylic acid groups (broad SMARTS) is 1. The minimum Gasteiger partial charge on any atom is -0.465 e. The van der Waals surface area contributed by atoms with E-state index >= 15 is 0 Å². The van der Waals surface area contributed by atoms with Gasteiger partial charge in [0, 0.05) is 6.54 Å². The molecule has 0 aromatic carbocycles. The Morgan fingerprint density at radius 3 is 2.08 bits per heavy atom. The maximum Gasteiger partial charge on any atom is 0.408 e. The van der Waals surface area contributed by atoms with E-state index in [2.05, 4.69) is 39.2 Å². The Balaban J connectivity index is 2.86. The number of alkyl carbamates (subject to hydrolysis) is 1. The molecular formula is C16H32N2O5Si. The van der Waals surface area contributed by atoms with Crippen molar-refractivity contribution in [2.75, 3.05) is 13.1 Å². The van der Waals surface area contributed by atoms with E-state index in [9.17, 15) is 14.7 Å². The van der Waals surface area contributed by atoms with Gasteiger partial charge in [0.15, 0.2) is 8.32 Å². The van der Waals surface area contributed by atoms with Crippen LogP contribution in [0.5, 0.6) is 0 Å². The SMILES string of the molecule is CC(C)(C)OC(=O)NC1CN(C(=O)O)CC1O[Si](C)(C)C(C)(C)C. The minimum atomic E-state index is -2.09. The third-order valence-corrected chi connectivity index (χ3v) is 9.00. The number of amides is 2. The molecule has 0 aromatic heterocycles. The van der Waals surface area contributed by atoms with Gasteiger partial charge < -0.3 is 24.5 Å². The van der Waals surface area contributed by atoms with E-state index in [0.717, 1.165) is 0 Å². The number of hydrogen-bond acceptors (Lipinski definition) is 4. The molecule has 140 valence electrons. The molecule has 1 saturated heterocycles. The predicted molar refractivity (Wildman–Crippen MR) is 94.8 cm³/mol. The van der Waals surface area contributed by atoms with Gasteiger partial charge in [0.25, 0.3) is 0 Å². The highest BCUT2D eigenvalue weighted by atomic mass is 28.4. The first-order chi connectivity index (χ1) is 10.6. The number of carbonyl (C=O) groups is 2. The van der Waals surface area contributed by atoms with Gasteiger partial charge in [-0.1, -0.05) is 20.8 Å². The molecule has 2 unspecified atom stereocenters. The Kier molecular flexibility index (Phi) is 5.98. The lowest BCUT2D eigenvalue weighted by Gasteiger charge is -2.39. The third-order valence-electron chi connectivity index (χ3n) is 4.49. The van der Waals surface area contributed by atoms with Gasteiger partial charge in [0.05, 0.1) is 18.7 Å². The van der Waals surface area contributed by atoms with Crippen molar-refractivity contribution in [1.29, 1.82) is 0 Å². The first-order valence-electron chi connectivity index (χ1n) is 8.27. The van der Waals surface area contributed by atoms with Crippen molar-refractivity contribution in [3.05, 3.63) is 0 Å². The first-order valence-corrected chi connectivity index (χ1v) is 11.2. The molecule has 0 bridgehead atoms. The number of ether oxygens (including phenoxy) is 1. The van der Waals surface area contributed by atoms with Gasteiger partial charge >= 0.3 is 12.2 Å². The monoisotopic (exact) mass is 360 g/mol. The molecule has 0 radical (unpaired) electrons. The van der Waals surface area contributed by atoms with Gasteiger partial charge in [0.1, 0.15) is 5.60 Å². The molecule has 1 rings (SSSR count). The van der Waals surface area contributed by atoms with Gasteiger partial charge in [0.2, 0.25) is 0 Å². The van der Waals surface area contributed by atoms with Crippen molar-refractivity contribution in [3.8, 4) is 0 Å². The van der Waals surface area contributed by atoms with Crippen LogP contribution in [0.4, 0.5) is 9.59 Å². The summed E-state index contributed by atoms with van der Waals surface area (Å²) in [6, 6.07) is -0.412. The van der Waals surface area contributed by atoms with Crippen LogP contribution in [0, 0.1) is 0 Å². The van der Waals surface area contributed by atoms with E-state index in [4.69, 9.17) is 9.16 Å². The zero-order chi connectivity index (χ0) is 18.9. The second-order valence-electron chi connectivity index (χ2n) is 8.86. The maximum atomic E-state index is 12.1. The molecule has 1 heterocycles. The molecule has 0 aromatic rings. The summed E-state index contributed by atoms with van der Waals surface area (Å²) in [7, 11) is -2.09. The molecule has 0 aliphatic carbocycles. The molecule has 1 aliphatic rings. The molecule has 0 saturated carbocycles. The van der Waals surface area contributed by atoms with Gasteiger partial charge in [-0.2, -0.15) is 0 Å². The van der Waals surface area contributed by atoms with Crippen LogP contribution in [0.1, 0.15) is 41.5 Å². The molecule has 2 atom stereocenters. The molecule has 1 aliphatic heterocycles. The van der Waals surface area contributed by atoms with Gasteiger partial charge in [-0.25, -0.2) is 9.59 Å². The lowest BCUT2D eigenvalue weighted by molar-refractivity contribution is 0.0467. The summed E-state index contributed by atoms with van der Waals surface area (Å²) in [5, 5.41) is 12.0. The summed E-state index contributed by atoms with van der Waals surface area (Å²) in [6.45, 7) is 16.4. The number of likely N-dealkylation sites (tertiary alicyclic amines) is 1. The summed E-state index contributed by atoms with van der Waals surface area (Å²) in [5.41, 5.74) is -0.606. The fourth-order valence-corrected chi connectivity index (χ4v) is 3.55. The molecular weight excluding hydrogens is 328 g/mol. The van der Waals surface area contributed by atoms with Crippen LogP contribution in [-0.4, -0.2) is 61.3 Å². The summed E-state index contributed by atoms with van der Waals surface area (Å²) in [6.07, 6.45) is -1.93. The largest absolute Gasteiger partial charge is 0.465 e. The lowest BCUT2D eigenvalue weighted by atomic mass is 10.2. The van der Waals surface area contributed by atoms with Crippen molar-refractivity contribution in [3.63, 3.8) is 0 Å². The number of rotatable bonds is 3.